The summed E-state index contributed by atoms with van der Waals surface area (Å²) in [5.74, 6) is 2.40. The maximum atomic E-state index is 11.7. The number of piperidine rings is 1. The van der Waals surface area contributed by atoms with Gasteiger partial charge < -0.3 is 10.2 Å². The molecular weight excluding hydrogens is 342 g/mol. The van der Waals surface area contributed by atoms with Gasteiger partial charge in [-0.05, 0) is 38.3 Å². The highest BCUT2D eigenvalue weighted by Crippen LogP contribution is 2.24. The van der Waals surface area contributed by atoms with Gasteiger partial charge in [0.1, 0.15) is 17.5 Å². The quantitative estimate of drug-likeness (QED) is 0.755. The van der Waals surface area contributed by atoms with Gasteiger partial charge in [-0.15, -0.1) is 0 Å². The zero-order valence-electron chi connectivity index (χ0n) is 15.6. The van der Waals surface area contributed by atoms with E-state index in [1.54, 1.807) is 25.5 Å². The van der Waals surface area contributed by atoms with Gasteiger partial charge in [0.05, 0.1) is 11.7 Å². The topological polar surface area (TPSA) is 88.8 Å². The van der Waals surface area contributed by atoms with Crippen LogP contribution in [0.3, 0.4) is 0 Å². The van der Waals surface area contributed by atoms with Crippen LogP contribution in [-0.2, 0) is 7.05 Å². The van der Waals surface area contributed by atoms with Crippen LogP contribution in [-0.4, -0.2) is 43.9 Å². The second kappa shape index (κ2) is 7.30. The third-order valence-electron chi connectivity index (χ3n) is 4.98. The van der Waals surface area contributed by atoms with Crippen LogP contribution in [0.25, 0.3) is 10.9 Å². The largest absolute Gasteiger partial charge is 0.367 e. The smallest absolute Gasteiger partial charge is 0.266 e. The number of hydrogen-bond donors (Lipinski definition) is 1. The first-order valence-corrected chi connectivity index (χ1v) is 9.25. The molecule has 0 amide bonds. The number of pyridine rings is 1. The Hall–Kier alpha value is -3.03. The molecule has 1 N–H and O–H groups in total. The van der Waals surface area contributed by atoms with E-state index < -0.39 is 0 Å². The van der Waals surface area contributed by atoms with Crippen LogP contribution in [0.2, 0.25) is 0 Å². The molecule has 27 heavy (non-hydrogen) atoms. The maximum absolute atomic E-state index is 11.7. The van der Waals surface area contributed by atoms with Gasteiger partial charge in [0.25, 0.3) is 5.56 Å². The maximum Gasteiger partial charge on any atom is 0.266 e. The fourth-order valence-electron chi connectivity index (χ4n) is 3.60. The zero-order chi connectivity index (χ0) is 18.8. The van der Waals surface area contributed by atoms with Gasteiger partial charge in [-0.1, -0.05) is 0 Å². The second-order valence-corrected chi connectivity index (χ2v) is 6.89. The molecule has 140 valence electrons. The molecule has 3 aromatic heterocycles. The molecule has 1 atom stereocenters. The van der Waals surface area contributed by atoms with Crippen LogP contribution in [0.1, 0.15) is 25.1 Å². The molecule has 1 saturated heterocycles. The van der Waals surface area contributed by atoms with Crippen LogP contribution in [0.15, 0.2) is 35.4 Å². The molecule has 4 heterocycles. The molecule has 8 heteroatoms. The summed E-state index contributed by atoms with van der Waals surface area (Å²) in [6.07, 6.45) is 6.90. The Morgan fingerprint density at radius 1 is 1.22 bits per heavy atom. The molecule has 0 spiro atoms. The van der Waals surface area contributed by atoms with E-state index >= 15 is 0 Å². The number of rotatable bonds is 4. The molecule has 4 rings (SSSR count). The first-order chi connectivity index (χ1) is 13.1. The minimum Gasteiger partial charge on any atom is -0.367 e. The summed E-state index contributed by atoms with van der Waals surface area (Å²) in [5.41, 5.74) is 0.745. The first-order valence-electron chi connectivity index (χ1n) is 9.25. The molecule has 0 aliphatic carbocycles. The molecule has 1 fully saturated rings. The number of nitrogens with one attached hydrogen (secondary N) is 1. The fourth-order valence-corrected chi connectivity index (χ4v) is 3.60. The summed E-state index contributed by atoms with van der Waals surface area (Å²) >= 11 is 0. The number of fused-ring (bicyclic) bond motifs is 1. The molecule has 0 saturated carbocycles. The molecule has 1 unspecified atom stereocenters. The van der Waals surface area contributed by atoms with Crippen molar-refractivity contribution in [3.05, 3.63) is 46.8 Å². The Kier molecular flexibility index (Phi) is 4.70. The molecule has 1 aliphatic heterocycles. The Balaban J connectivity index is 1.57. The average Bonchev–Trinajstić information content (AvgIpc) is 2.68. The highest BCUT2D eigenvalue weighted by molar-refractivity contribution is 5.88. The van der Waals surface area contributed by atoms with Crippen LogP contribution in [0.5, 0.6) is 0 Å². The summed E-state index contributed by atoms with van der Waals surface area (Å²) in [6.45, 7) is 3.57. The van der Waals surface area contributed by atoms with Crippen molar-refractivity contribution in [3.63, 3.8) is 0 Å². The molecule has 0 bridgehead atoms. The molecule has 1 aliphatic rings. The van der Waals surface area contributed by atoms with Crippen molar-refractivity contribution in [2.45, 2.75) is 32.2 Å². The van der Waals surface area contributed by atoms with Gasteiger partial charge in [-0.2, -0.15) is 5.10 Å². The molecule has 0 aromatic carbocycles. The lowest BCUT2D eigenvalue weighted by Crippen LogP contribution is -2.45. The van der Waals surface area contributed by atoms with Crippen molar-refractivity contribution in [2.24, 2.45) is 7.05 Å². The lowest BCUT2D eigenvalue weighted by molar-refractivity contribution is 0.464. The SMILES string of the molecule is Cc1nc(NCC2CCCCN2c2ccc(=O)n(C)n2)c2ccncc2n1. The standard InChI is InChI=1S/C19H23N7O/c1-13-22-16-12-20-9-8-15(16)19(23-13)21-11-14-5-3-4-10-26(14)17-6-7-18(27)25(2)24-17/h6-9,12,14H,3-5,10-11H2,1-2H3,(H,21,22,23). The lowest BCUT2D eigenvalue weighted by atomic mass is 10.0. The normalized spacial score (nSPS) is 17.3. The van der Waals surface area contributed by atoms with Crippen molar-refractivity contribution in [1.29, 1.82) is 0 Å². The first kappa shape index (κ1) is 17.4. The Morgan fingerprint density at radius 3 is 2.96 bits per heavy atom. The van der Waals surface area contributed by atoms with E-state index in [2.05, 4.69) is 30.3 Å². The highest BCUT2D eigenvalue weighted by atomic mass is 16.1. The second-order valence-electron chi connectivity index (χ2n) is 6.89. The van der Waals surface area contributed by atoms with E-state index in [4.69, 9.17) is 0 Å². The molecule has 8 nitrogen and oxygen atoms in total. The van der Waals surface area contributed by atoms with Crippen molar-refractivity contribution >= 4 is 22.5 Å². The van der Waals surface area contributed by atoms with Gasteiger partial charge in [-0.25, -0.2) is 14.6 Å². The number of nitrogens with zero attached hydrogens (tertiary/aromatic N) is 6. The Bertz CT molecular complexity index is 1020. The highest BCUT2D eigenvalue weighted by Gasteiger charge is 2.24. The number of hydrogen-bond acceptors (Lipinski definition) is 7. The van der Waals surface area contributed by atoms with Crippen molar-refractivity contribution in [1.82, 2.24) is 24.7 Å². The zero-order valence-corrected chi connectivity index (χ0v) is 15.6. The van der Waals surface area contributed by atoms with Crippen LogP contribution in [0.4, 0.5) is 11.6 Å². The third kappa shape index (κ3) is 3.60. The monoisotopic (exact) mass is 365 g/mol. The average molecular weight is 365 g/mol. The van der Waals surface area contributed by atoms with Crippen molar-refractivity contribution in [2.75, 3.05) is 23.3 Å². The van der Waals surface area contributed by atoms with Crippen LogP contribution < -0.4 is 15.8 Å². The summed E-state index contributed by atoms with van der Waals surface area (Å²) in [6, 6.07) is 5.62. The molecule has 3 aromatic rings. The number of anilines is 2. The summed E-state index contributed by atoms with van der Waals surface area (Å²) in [7, 11) is 1.69. The van der Waals surface area contributed by atoms with Crippen LogP contribution >= 0.6 is 0 Å². The Morgan fingerprint density at radius 2 is 2.11 bits per heavy atom. The van der Waals surface area contributed by atoms with Gasteiger partial charge in [0, 0.05) is 43.8 Å². The summed E-state index contributed by atoms with van der Waals surface area (Å²) in [5, 5.41) is 8.91. The van der Waals surface area contributed by atoms with Gasteiger partial charge >= 0.3 is 0 Å². The van der Waals surface area contributed by atoms with Gasteiger partial charge in [-0.3, -0.25) is 9.78 Å². The molecular formula is C19H23N7O. The number of aryl methyl sites for hydroxylation is 2. The van der Waals surface area contributed by atoms with Gasteiger partial charge in [0.15, 0.2) is 0 Å². The lowest BCUT2D eigenvalue weighted by Gasteiger charge is -2.36. The van der Waals surface area contributed by atoms with E-state index in [1.165, 1.54) is 11.1 Å². The molecule has 0 radical (unpaired) electrons. The summed E-state index contributed by atoms with van der Waals surface area (Å²) in [4.78, 5) is 27.1. The Labute approximate surface area is 157 Å². The van der Waals surface area contributed by atoms with E-state index in [1.807, 2.05) is 19.1 Å². The number of aromatic nitrogens is 5. The van der Waals surface area contributed by atoms with Crippen molar-refractivity contribution < 1.29 is 0 Å². The predicted octanol–water partition coefficient (Wildman–Crippen LogP) is 1.90. The third-order valence-corrected chi connectivity index (χ3v) is 4.98. The minimum atomic E-state index is -0.0954. The summed E-state index contributed by atoms with van der Waals surface area (Å²) < 4.78 is 1.39. The van der Waals surface area contributed by atoms with Gasteiger partial charge in [0.2, 0.25) is 0 Å². The van der Waals surface area contributed by atoms with E-state index in [0.29, 0.717) is 0 Å². The minimum absolute atomic E-state index is 0.0954. The van der Waals surface area contributed by atoms with E-state index in [0.717, 1.165) is 54.3 Å². The van der Waals surface area contributed by atoms with Crippen LogP contribution in [0, 0.1) is 6.92 Å². The predicted molar refractivity (Wildman–Crippen MR) is 105 cm³/mol. The van der Waals surface area contributed by atoms with E-state index in [-0.39, 0.29) is 11.6 Å². The van der Waals surface area contributed by atoms with E-state index in [9.17, 15) is 4.79 Å². The van der Waals surface area contributed by atoms with Crippen molar-refractivity contribution in [3.8, 4) is 0 Å². The fraction of sp³-hybridized carbons (Fsp3) is 0.421.